The van der Waals surface area contributed by atoms with Crippen LogP contribution in [0.2, 0.25) is 0 Å². The van der Waals surface area contributed by atoms with Crippen molar-refractivity contribution in [3.63, 3.8) is 0 Å². The lowest BCUT2D eigenvalue weighted by atomic mass is 9.98. The van der Waals surface area contributed by atoms with Gasteiger partial charge in [0, 0.05) is 0 Å². The summed E-state index contributed by atoms with van der Waals surface area (Å²) in [6, 6.07) is 15.4. The molecule has 1 aliphatic rings. The Morgan fingerprint density at radius 2 is 1.57 bits per heavy atom. The van der Waals surface area contributed by atoms with Gasteiger partial charge in [0.2, 0.25) is 0 Å². The Morgan fingerprint density at radius 1 is 0.867 bits per heavy atom. The Hall–Kier alpha value is -3.05. The second-order valence-corrected chi connectivity index (χ2v) is 8.61. The molecule has 1 aromatic heterocycles. The highest BCUT2D eigenvalue weighted by Gasteiger charge is 2.41. The van der Waals surface area contributed by atoms with E-state index in [-0.39, 0.29) is 11.8 Å². The van der Waals surface area contributed by atoms with Gasteiger partial charge >= 0.3 is 0 Å². The summed E-state index contributed by atoms with van der Waals surface area (Å²) in [4.78, 5) is 28.8. The molecule has 0 spiro atoms. The molecule has 0 bridgehead atoms. The van der Waals surface area contributed by atoms with Crippen molar-refractivity contribution in [2.75, 3.05) is 4.90 Å². The third-order valence-electron chi connectivity index (χ3n) is 5.22. The first kappa shape index (κ1) is 20.2. The first-order valence-electron chi connectivity index (χ1n) is 9.80. The lowest BCUT2D eigenvalue weighted by Crippen LogP contribution is -2.32. The van der Waals surface area contributed by atoms with E-state index in [2.05, 4.69) is 0 Å². The predicted molar refractivity (Wildman–Crippen MR) is 121 cm³/mol. The van der Waals surface area contributed by atoms with E-state index in [1.807, 2.05) is 76.2 Å². The van der Waals surface area contributed by atoms with Crippen LogP contribution in [0.25, 0.3) is 5.57 Å². The molecule has 4 rings (SSSR count). The summed E-state index contributed by atoms with van der Waals surface area (Å²) in [5.74, 6) is 0.688. The fourth-order valence-corrected chi connectivity index (χ4v) is 4.80. The molecular formula is C25H23NO3S. The number of imide groups is 1. The number of rotatable bonds is 5. The molecule has 0 atom stereocenters. The van der Waals surface area contributed by atoms with Crippen molar-refractivity contribution >= 4 is 34.8 Å². The first-order chi connectivity index (χ1) is 14.4. The molecule has 152 valence electrons. The van der Waals surface area contributed by atoms with Crippen LogP contribution in [0.15, 0.2) is 64.1 Å². The number of furan rings is 1. The van der Waals surface area contributed by atoms with Crippen molar-refractivity contribution < 1.29 is 14.0 Å². The summed E-state index contributed by atoms with van der Waals surface area (Å²) in [6.07, 6.45) is 1.61. The van der Waals surface area contributed by atoms with Gasteiger partial charge in [-0.2, -0.15) is 0 Å². The molecule has 3 aromatic rings. The molecule has 2 aromatic carbocycles. The number of nitrogens with zero attached hydrogens (tertiary/aromatic N) is 1. The number of thioether (sulfide) groups is 1. The van der Waals surface area contributed by atoms with E-state index in [9.17, 15) is 9.59 Å². The van der Waals surface area contributed by atoms with E-state index in [1.165, 1.54) is 16.7 Å². The number of hydrogen-bond acceptors (Lipinski definition) is 4. The molecule has 5 heteroatoms. The second kappa shape index (κ2) is 8.00. The van der Waals surface area contributed by atoms with E-state index >= 15 is 0 Å². The average molecular weight is 418 g/mol. The third-order valence-corrected chi connectivity index (χ3v) is 6.32. The van der Waals surface area contributed by atoms with E-state index in [4.69, 9.17) is 4.42 Å². The van der Waals surface area contributed by atoms with Crippen molar-refractivity contribution in [2.24, 2.45) is 0 Å². The summed E-state index contributed by atoms with van der Waals surface area (Å²) in [7, 11) is 0. The Morgan fingerprint density at radius 3 is 2.20 bits per heavy atom. The molecule has 0 aliphatic carbocycles. The van der Waals surface area contributed by atoms with Gasteiger partial charge in [-0.1, -0.05) is 41.5 Å². The van der Waals surface area contributed by atoms with E-state index in [1.54, 1.807) is 6.26 Å². The summed E-state index contributed by atoms with van der Waals surface area (Å²) in [6.45, 7) is 7.91. The van der Waals surface area contributed by atoms with E-state index < -0.39 is 0 Å². The molecule has 1 aliphatic heterocycles. The zero-order chi connectivity index (χ0) is 21.4. The standard InChI is InChI=1S/C25H23NO3S/c1-15-7-9-20(17(3)12-15)22-23(30-14-19-6-5-11-29-19)25(28)26(24(22)27)21-10-8-16(2)13-18(21)4/h5-13H,14H2,1-4H3. The van der Waals surface area contributed by atoms with Crippen molar-refractivity contribution in [3.8, 4) is 0 Å². The fraction of sp³-hybridized carbons (Fsp3) is 0.200. The molecule has 2 heterocycles. The highest BCUT2D eigenvalue weighted by atomic mass is 32.2. The highest BCUT2D eigenvalue weighted by Crippen LogP contribution is 2.41. The number of anilines is 1. The summed E-state index contributed by atoms with van der Waals surface area (Å²) in [5.41, 5.74) is 5.97. The van der Waals surface area contributed by atoms with Crippen LogP contribution in [-0.4, -0.2) is 11.8 Å². The van der Waals surface area contributed by atoms with Crippen LogP contribution in [0.3, 0.4) is 0 Å². The monoisotopic (exact) mass is 417 g/mol. The quantitative estimate of drug-likeness (QED) is 0.497. The maximum absolute atomic E-state index is 13.6. The van der Waals surface area contributed by atoms with Crippen LogP contribution in [0.1, 0.15) is 33.6 Å². The number of carbonyl (C=O) groups is 2. The van der Waals surface area contributed by atoms with Crippen molar-refractivity contribution in [1.82, 2.24) is 0 Å². The van der Waals surface area contributed by atoms with Crippen LogP contribution >= 0.6 is 11.8 Å². The Labute approximate surface area is 180 Å². The number of aryl methyl sites for hydroxylation is 4. The Bertz CT molecular complexity index is 1180. The zero-order valence-corrected chi connectivity index (χ0v) is 18.3. The lowest BCUT2D eigenvalue weighted by Gasteiger charge is -2.18. The van der Waals surface area contributed by atoms with Crippen molar-refractivity contribution in [1.29, 1.82) is 0 Å². The normalized spacial score (nSPS) is 14.2. The molecule has 0 saturated carbocycles. The molecule has 0 saturated heterocycles. The molecule has 0 radical (unpaired) electrons. The number of hydrogen-bond donors (Lipinski definition) is 0. The highest BCUT2D eigenvalue weighted by molar-refractivity contribution is 8.03. The first-order valence-corrected chi connectivity index (χ1v) is 10.8. The van der Waals surface area contributed by atoms with Gasteiger partial charge in [0.25, 0.3) is 11.8 Å². The van der Waals surface area contributed by atoms with Gasteiger partial charge < -0.3 is 4.42 Å². The Balaban J connectivity index is 1.81. The number of carbonyl (C=O) groups excluding carboxylic acids is 2. The lowest BCUT2D eigenvalue weighted by molar-refractivity contribution is -0.119. The minimum atomic E-state index is -0.279. The molecule has 2 amide bonds. The van der Waals surface area contributed by atoms with E-state index in [0.29, 0.717) is 21.9 Å². The van der Waals surface area contributed by atoms with E-state index in [0.717, 1.165) is 33.6 Å². The maximum atomic E-state index is 13.6. The largest absolute Gasteiger partial charge is 0.468 e. The average Bonchev–Trinajstić information content (AvgIpc) is 3.28. The minimum Gasteiger partial charge on any atom is -0.468 e. The summed E-state index contributed by atoms with van der Waals surface area (Å²) in [5, 5.41) is 0. The van der Waals surface area contributed by atoms with Gasteiger partial charge in [0.1, 0.15) is 5.76 Å². The van der Waals surface area contributed by atoms with Gasteiger partial charge in [-0.3, -0.25) is 9.59 Å². The molecule has 4 nitrogen and oxygen atoms in total. The fourth-order valence-electron chi connectivity index (χ4n) is 3.79. The zero-order valence-electron chi connectivity index (χ0n) is 17.5. The molecule has 0 N–H and O–H groups in total. The summed E-state index contributed by atoms with van der Waals surface area (Å²) < 4.78 is 5.43. The van der Waals surface area contributed by atoms with Gasteiger partial charge in [-0.05, 0) is 62.6 Å². The molecule has 30 heavy (non-hydrogen) atoms. The maximum Gasteiger partial charge on any atom is 0.272 e. The summed E-state index contributed by atoms with van der Waals surface area (Å²) >= 11 is 1.35. The van der Waals surface area contributed by atoms with Gasteiger partial charge in [0.05, 0.1) is 28.2 Å². The van der Waals surface area contributed by atoms with Gasteiger partial charge in [0.15, 0.2) is 0 Å². The molecule has 0 fully saturated rings. The Kier molecular flexibility index (Phi) is 5.39. The van der Waals surface area contributed by atoms with Crippen LogP contribution in [0.4, 0.5) is 5.69 Å². The van der Waals surface area contributed by atoms with Crippen molar-refractivity contribution in [3.05, 3.63) is 93.3 Å². The molecular weight excluding hydrogens is 394 g/mol. The topological polar surface area (TPSA) is 50.5 Å². The van der Waals surface area contributed by atoms with Crippen LogP contribution < -0.4 is 4.90 Å². The predicted octanol–water partition coefficient (Wildman–Crippen LogP) is 5.73. The number of amides is 2. The third kappa shape index (κ3) is 3.61. The van der Waals surface area contributed by atoms with Crippen LogP contribution in [0.5, 0.6) is 0 Å². The molecule has 0 unspecified atom stereocenters. The smallest absolute Gasteiger partial charge is 0.272 e. The van der Waals surface area contributed by atoms with Crippen LogP contribution in [0, 0.1) is 27.7 Å². The van der Waals surface area contributed by atoms with Gasteiger partial charge in [-0.25, -0.2) is 4.90 Å². The van der Waals surface area contributed by atoms with Crippen LogP contribution in [-0.2, 0) is 15.3 Å². The second-order valence-electron chi connectivity index (χ2n) is 7.63. The number of benzene rings is 2. The minimum absolute atomic E-state index is 0.277. The SMILES string of the molecule is Cc1ccc(C2=C(SCc3ccco3)C(=O)N(c3ccc(C)cc3C)C2=O)c(C)c1. The van der Waals surface area contributed by atoms with Gasteiger partial charge in [-0.15, -0.1) is 11.8 Å². The van der Waals surface area contributed by atoms with Crippen molar-refractivity contribution in [2.45, 2.75) is 33.4 Å².